The first-order chi connectivity index (χ1) is 11.0. The van der Waals surface area contributed by atoms with Crippen LogP contribution in [0.4, 0.5) is 17.6 Å². The number of anilines is 3. The molecule has 0 bridgehead atoms. The molecule has 7 nitrogen and oxygen atoms in total. The highest BCUT2D eigenvalue weighted by Gasteiger charge is 2.27. The molecular weight excluding hydrogens is 312 g/mol. The molecule has 1 aromatic carbocycles. The molecule has 0 saturated heterocycles. The number of rotatable bonds is 3. The predicted octanol–water partition coefficient (Wildman–Crippen LogP) is 1.50. The fourth-order valence-corrected chi connectivity index (χ4v) is 3.47. The Balaban J connectivity index is 1.78. The van der Waals surface area contributed by atoms with E-state index in [1.54, 1.807) is 0 Å². The summed E-state index contributed by atoms with van der Waals surface area (Å²) in [5.74, 6) is 0.144. The van der Waals surface area contributed by atoms with Gasteiger partial charge in [0.25, 0.3) is 0 Å². The fourth-order valence-electron chi connectivity index (χ4n) is 2.63. The molecule has 8 heteroatoms. The number of nitrogen functional groups attached to an aromatic ring is 2. The molecule has 2 aromatic rings. The van der Waals surface area contributed by atoms with Crippen LogP contribution in [0.25, 0.3) is 0 Å². The number of nitrogens with two attached hydrogens (primary N) is 2. The van der Waals surface area contributed by atoms with Crippen LogP contribution in [0.5, 0.6) is 0 Å². The standard InChI is InChI=1S/C15H18N6OS/c1-9(23-15-19-13(16)18-14(17)20-15)12(22)21-8-4-6-10-5-2-3-7-11(10)21/h2-3,5,7,9H,4,6,8H2,1H3,(H4,16,17,18,19,20). The second-order valence-electron chi connectivity index (χ2n) is 5.32. The van der Waals surface area contributed by atoms with E-state index in [0.29, 0.717) is 5.16 Å². The summed E-state index contributed by atoms with van der Waals surface area (Å²) in [5, 5.41) is 0.0171. The SMILES string of the molecule is CC(Sc1nc(N)nc(N)n1)C(=O)N1CCCc2ccccc21. The van der Waals surface area contributed by atoms with E-state index in [4.69, 9.17) is 11.5 Å². The monoisotopic (exact) mass is 330 g/mol. The molecule has 1 amide bonds. The third-order valence-electron chi connectivity index (χ3n) is 3.66. The first kappa shape index (κ1) is 15.5. The maximum atomic E-state index is 12.8. The molecule has 0 radical (unpaired) electrons. The molecule has 2 heterocycles. The average molecular weight is 330 g/mol. The lowest BCUT2D eigenvalue weighted by atomic mass is 10.0. The van der Waals surface area contributed by atoms with Crippen molar-refractivity contribution in [2.75, 3.05) is 22.9 Å². The number of hydrogen-bond donors (Lipinski definition) is 2. The van der Waals surface area contributed by atoms with Crippen molar-refractivity contribution in [2.24, 2.45) is 0 Å². The number of carbonyl (C=O) groups excluding carboxylic acids is 1. The zero-order valence-corrected chi connectivity index (χ0v) is 13.6. The van der Waals surface area contributed by atoms with Crippen molar-refractivity contribution in [1.82, 2.24) is 15.0 Å². The minimum Gasteiger partial charge on any atom is -0.368 e. The Labute approximate surface area is 138 Å². The summed E-state index contributed by atoms with van der Waals surface area (Å²) in [6, 6.07) is 8.01. The molecule has 1 aliphatic rings. The third kappa shape index (κ3) is 3.37. The number of thioether (sulfide) groups is 1. The van der Waals surface area contributed by atoms with Crippen molar-refractivity contribution >= 4 is 35.3 Å². The molecule has 1 atom stereocenters. The van der Waals surface area contributed by atoms with E-state index in [9.17, 15) is 4.79 Å². The minimum absolute atomic E-state index is 0.0275. The molecule has 120 valence electrons. The van der Waals surface area contributed by atoms with Crippen molar-refractivity contribution < 1.29 is 4.79 Å². The van der Waals surface area contributed by atoms with E-state index in [0.717, 1.165) is 25.1 Å². The van der Waals surface area contributed by atoms with E-state index < -0.39 is 0 Å². The summed E-state index contributed by atoms with van der Waals surface area (Å²) in [5.41, 5.74) is 13.3. The van der Waals surface area contributed by atoms with Gasteiger partial charge < -0.3 is 16.4 Å². The van der Waals surface area contributed by atoms with Gasteiger partial charge in [-0.1, -0.05) is 30.0 Å². The molecule has 1 unspecified atom stereocenters. The number of carbonyl (C=O) groups is 1. The van der Waals surface area contributed by atoms with E-state index in [-0.39, 0.29) is 23.1 Å². The van der Waals surface area contributed by atoms with Gasteiger partial charge in [0.15, 0.2) is 5.16 Å². The number of aryl methyl sites for hydroxylation is 1. The molecular formula is C15H18N6OS. The van der Waals surface area contributed by atoms with Gasteiger partial charge in [0, 0.05) is 12.2 Å². The Morgan fingerprint density at radius 3 is 2.65 bits per heavy atom. The van der Waals surface area contributed by atoms with E-state index in [1.807, 2.05) is 30.0 Å². The quantitative estimate of drug-likeness (QED) is 0.820. The molecule has 1 aliphatic heterocycles. The largest absolute Gasteiger partial charge is 0.368 e. The van der Waals surface area contributed by atoms with Crippen LogP contribution in [0.1, 0.15) is 18.9 Å². The highest BCUT2D eigenvalue weighted by atomic mass is 32.2. The molecule has 0 fully saturated rings. The summed E-state index contributed by atoms with van der Waals surface area (Å²) >= 11 is 1.23. The molecule has 0 saturated carbocycles. The van der Waals surface area contributed by atoms with Gasteiger partial charge in [0.2, 0.25) is 17.8 Å². The van der Waals surface area contributed by atoms with E-state index >= 15 is 0 Å². The Morgan fingerprint density at radius 2 is 1.91 bits per heavy atom. The number of nitrogens with zero attached hydrogens (tertiary/aromatic N) is 4. The number of aromatic nitrogens is 3. The first-order valence-electron chi connectivity index (χ1n) is 7.37. The van der Waals surface area contributed by atoms with Gasteiger partial charge in [0.05, 0.1) is 5.25 Å². The van der Waals surface area contributed by atoms with Crippen LogP contribution in [0.3, 0.4) is 0 Å². The Bertz CT molecular complexity index is 717. The van der Waals surface area contributed by atoms with Gasteiger partial charge >= 0.3 is 0 Å². The highest BCUT2D eigenvalue weighted by molar-refractivity contribution is 8.00. The molecule has 1 aromatic heterocycles. The van der Waals surface area contributed by atoms with E-state index in [1.165, 1.54) is 17.3 Å². The summed E-state index contributed by atoms with van der Waals surface area (Å²) in [7, 11) is 0. The van der Waals surface area contributed by atoms with Crippen LogP contribution in [0, 0.1) is 0 Å². The van der Waals surface area contributed by atoms with Gasteiger partial charge in [-0.25, -0.2) is 0 Å². The Hall–Kier alpha value is -2.35. The molecule has 0 spiro atoms. The lowest BCUT2D eigenvalue weighted by Gasteiger charge is -2.31. The van der Waals surface area contributed by atoms with Crippen LogP contribution in [-0.4, -0.2) is 32.7 Å². The fraction of sp³-hybridized carbons (Fsp3) is 0.333. The lowest BCUT2D eigenvalue weighted by molar-refractivity contribution is -0.117. The number of fused-ring (bicyclic) bond motifs is 1. The molecule has 3 rings (SSSR count). The second kappa shape index (κ2) is 6.41. The summed E-state index contributed by atoms with van der Waals surface area (Å²) in [6.45, 7) is 2.56. The normalized spacial score (nSPS) is 15.1. The second-order valence-corrected chi connectivity index (χ2v) is 6.62. The van der Waals surface area contributed by atoms with Crippen molar-refractivity contribution in [2.45, 2.75) is 30.2 Å². The minimum atomic E-state index is -0.345. The maximum absolute atomic E-state index is 12.8. The van der Waals surface area contributed by atoms with Crippen molar-refractivity contribution in [3.8, 4) is 0 Å². The van der Waals surface area contributed by atoms with Crippen LogP contribution in [-0.2, 0) is 11.2 Å². The van der Waals surface area contributed by atoms with Crippen molar-refractivity contribution in [3.63, 3.8) is 0 Å². The highest BCUT2D eigenvalue weighted by Crippen LogP contribution is 2.30. The van der Waals surface area contributed by atoms with Crippen molar-refractivity contribution in [1.29, 1.82) is 0 Å². The lowest BCUT2D eigenvalue weighted by Crippen LogP contribution is -2.40. The summed E-state index contributed by atoms with van der Waals surface area (Å²) in [6.07, 6.45) is 1.97. The molecule has 0 aliphatic carbocycles. The van der Waals surface area contributed by atoms with Gasteiger partial charge in [-0.3, -0.25) is 4.79 Å². The zero-order valence-electron chi connectivity index (χ0n) is 12.8. The molecule has 23 heavy (non-hydrogen) atoms. The van der Waals surface area contributed by atoms with Gasteiger partial charge in [-0.05, 0) is 31.4 Å². The Kier molecular flexibility index (Phi) is 4.33. The summed E-state index contributed by atoms with van der Waals surface area (Å²) < 4.78 is 0. The number of hydrogen-bond acceptors (Lipinski definition) is 7. The smallest absolute Gasteiger partial charge is 0.240 e. The van der Waals surface area contributed by atoms with Crippen LogP contribution < -0.4 is 16.4 Å². The van der Waals surface area contributed by atoms with Gasteiger partial charge in [-0.15, -0.1) is 0 Å². The first-order valence-corrected chi connectivity index (χ1v) is 8.25. The predicted molar refractivity (Wildman–Crippen MR) is 91.1 cm³/mol. The third-order valence-corrected chi connectivity index (χ3v) is 4.60. The molecule has 4 N–H and O–H groups in total. The van der Waals surface area contributed by atoms with Gasteiger partial charge in [0.1, 0.15) is 0 Å². The number of para-hydroxylation sites is 1. The van der Waals surface area contributed by atoms with Crippen molar-refractivity contribution in [3.05, 3.63) is 29.8 Å². The topological polar surface area (TPSA) is 111 Å². The average Bonchev–Trinajstić information content (AvgIpc) is 2.52. The maximum Gasteiger partial charge on any atom is 0.240 e. The Morgan fingerprint density at radius 1 is 1.22 bits per heavy atom. The summed E-state index contributed by atoms with van der Waals surface area (Å²) in [4.78, 5) is 26.4. The zero-order chi connectivity index (χ0) is 16.4. The number of amides is 1. The van der Waals surface area contributed by atoms with E-state index in [2.05, 4.69) is 21.0 Å². The van der Waals surface area contributed by atoms with Crippen LogP contribution in [0.2, 0.25) is 0 Å². The number of benzene rings is 1. The van der Waals surface area contributed by atoms with Gasteiger partial charge in [-0.2, -0.15) is 15.0 Å². The van der Waals surface area contributed by atoms with Crippen LogP contribution in [0.15, 0.2) is 29.4 Å². The van der Waals surface area contributed by atoms with Crippen LogP contribution >= 0.6 is 11.8 Å².